The Morgan fingerprint density at radius 1 is 1.27 bits per heavy atom. The lowest BCUT2D eigenvalue weighted by atomic mass is 10.1. The predicted octanol–water partition coefficient (Wildman–Crippen LogP) is 3.10. The first kappa shape index (κ1) is 16.2. The van der Waals surface area contributed by atoms with E-state index in [1.54, 1.807) is 0 Å². The number of amides is 1. The summed E-state index contributed by atoms with van der Waals surface area (Å²) in [4.78, 5) is 17.1. The third-order valence-electron chi connectivity index (χ3n) is 3.91. The van der Waals surface area contributed by atoms with Crippen LogP contribution in [0, 0.1) is 20.8 Å². The second kappa shape index (κ2) is 6.73. The van der Waals surface area contributed by atoms with Gasteiger partial charge in [0.15, 0.2) is 0 Å². The summed E-state index contributed by atoms with van der Waals surface area (Å²) in [5.41, 5.74) is 4.35. The molecule has 0 saturated heterocycles. The number of hydrogen-bond acceptors (Lipinski definition) is 3. The number of hydrogen-bond donors (Lipinski definition) is 1. The predicted molar refractivity (Wildman–Crippen MR) is 86.8 cm³/mol. The molecule has 118 valence electrons. The molecule has 5 nitrogen and oxygen atoms in total. The Labute approximate surface area is 131 Å². The minimum absolute atomic E-state index is 0.0797. The fraction of sp³-hybridized carbons (Fsp3) is 0.471. The fourth-order valence-electron chi connectivity index (χ4n) is 2.63. The molecule has 0 aromatic carbocycles. The van der Waals surface area contributed by atoms with Crippen LogP contribution >= 0.6 is 0 Å². The van der Waals surface area contributed by atoms with Crippen molar-refractivity contribution in [1.82, 2.24) is 20.1 Å². The van der Waals surface area contributed by atoms with Gasteiger partial charge in [-0.05, 0) is 45.7 Å². The molecule has 1 unspecified atom stereocenters. The van der Waals surface area contributed by atoms with E-state index < -0.39 is 0 Å². The Bertz CT molecular complexity index is 658. The number of nitrogens with zero attached hydrogens (tertiary/aromatic N) is 3. The number of aromatic nitrogens is 3. The van der Waals surface area contributed by atoms with Gasteiger partial charge < -0.3 is 5.32 Å². The van der Waals surface area contributed by atoms with E-state index in [0.717, 1.165) is 35.6 Å². The van der Waals surface area contributed by atoms with Crippen LogP contribution in [0.5, 0.6) is 0 Å². The molecular weight excluding hydrogens is 276 g/mol. The molecule has 22 heavy (non-hydrogen) atoms. The minimum Gasteiger partial charge on any atom is -0.344 e. The molecule has 1 N–H and O–H groups in total. The van der Waals surface area contributed by atoms with Crippen molar-refractivity contribution in [1.29, 1.82) is 0 Å². The SMILES string of the molecule is CCC(NC(=O)c1c(C)nn(CC)c1C)c1ccc(C)cn1. The molecule has 0 bridgehead atoms. The maximum absolute atomic E-state index is 12.6. The summed E-state index contributed by atoms with van der Waals surface area (Å²) in [7, 11) is 0. The fourth-order valence-corrected chi connectivity index (χ4v) is 2.63. The summed E-state index contributed by atoms with van der Waals surface area (Å²) in [5.74, 6) is -0.0797. The third-order valence-corrected chi connectivity index (χ3v) is 3.91. The molecule has 0 spiro atoms. The Morgan fingerprint density at radius 3 is 2.50 bits per heavy atom. The Balaban J connectivity index is 2.23. The molecule has 1 atom stereocenters. The van der Waals surface area contributed by atoms with E-state index in [1.807, 2.05) is 57.6 Å². The van der Waals surface area contributed by atoms with Gasteiger partial charge in [0.25, 0.3) is 5.91 Å². The lowest BCUT2D eigenvalue weighted by molar-refractivity contribution is 0.0933. The van der Waals surface area contributed by atoms with Gasteiger partial charge in [-0.25, -0.2) is 0 Å². The maximum Gasteiger partial charge on any atom is 0.255 e. The quantitative estimate of drug-likeness (QED) is 0.923. The molecule has 1 amide bonds. The zero-order chi connectivity index (χ0) is 16.3. The van der Waals surface area contributed by atoms with E-state index in [1.165, 1.54) is 0 Å². The number of carbonyl (C=O) groups excluding carboxylic acids is 1. The number of pyridine rings is 1. The van der Waals surface area contributed by atoms with Gasteiger partial charge in [0, 0.05) is 18.4 Å². The van der Waals surface area contributed by atoms with Crippen LogP contribution in [0.2, 0.25) is 0 Å². The van der Waals surface area contributed by atoms with Crippen molar-refractivity contribution in [3.63, 3.8) is 0 Å². The summed E-state index contributed by atoms with van der Waals surface area (Å²) in [5, 5.41) is 7.49. The summed E-state index contributed by atoms with van der Waals surface area (Å²) in [6.07, 6.45) is 2.62. The average molecular weight is 300 g/mol. The molecular formula is C17H24N4O. The van der Waals surface area contributed by atoms with E-state index in [4.69, 9.17) is 0 Å². The highest BCUT2D eigenvalue weighted by Gasteiger charge is 2.21. The van der Waals surface area contributed by atoms with Crippen molar-refractivity contribution < 1.29 is 4.79 Å². The molecule has 0 saturated carbocycles. The maximum atomic E-state index is 12.6. The van der Waals surface area contributed by atoms with Gasteiger partial charge >= 0.3 is 0 Å². The van der Waals surface area contributed by atoms with Crippen molar-refractivity contribution in [3.05, 3.63) is 46.5 Å². The van der Waals surface area contributed by atoms with E-state index >= 15 is 0 Å². The summed E-state index contributed by atoms with van der Waals surface area (Å²) < 4.78 is 1.86. The normalized spacial score (nSPS) is 12.2. The second-order valence-electron chi connectivity index (χ2n) is 5.56. The summed E-state index contributed by atoms with van der Waals surface area (Å²) in [6, 6.07) is 3.90. The van der Waals surface area contributed by atoms with Crippen molar-refractivity contribution in [2.24, 2.45) is 0 Å². The zero-order valence-corrected chi connectivity index (χ0v) is 14.0. The first-order chi connectivity index (χ1) is 10.5. The van der Waals surface area contributed by atoms with E-state index in [9.17, 15) is 4.79 Å². The number of rotatable bonds is 5. The molecule has 0 aliphatic carbocycles. The van der Waals surface area contributed by atoms with Crippen molar-refractivity contribution >= 4 is 5.91 Å². The molecule has 5 heteroatoms. The highest BCUT2D eigenvalue weighted by Crippen LogP contribution is 2.18. The highest BCUT2D eigenvalue weighted by molar-refractivity contribution is 5.96. The van der Waals surface area contributed by atoms with Gasteiger partial charge in [0.05, 0.1) is 23.0 Å². The zero-order valence-electron chi connectivity index (χ0n) is 14.0. The Morgan fingerprint density at radius 2 is 2.00 bits per heavy atom. The topological polar surface area (TPSA) is 59.8 Å². The lowest BCUT2D eigenvalue weighted by Gasteiger charge is -2.17. The van der Waals surface area contributed by atoms with Crippen LogP contribution < -0.4 is 5.32 Å². The summed E-state index contributed by atoms with van der Waals surface area (Å²) >= 11 is 0. The van der Waals surface area contributed by atoms with Gasteiger partial charge in [-0.15, -0.1) is 0 Å². The molecule has 2 heterocycles. The van der Waals surface area contributed by atoms with E-state index in [2.05, 4.69) is 15.4 Å². The number of nitrogens with one attached hydrogen (secondary N) is 1. The molecule has 2 aromatic rings. The van der Waals surface area contributed by atoms with Gasteiger partial charge in [-0.3, -0.25) is 14.5 Å². The first-order valence-electron chi connectivity index (χ1n) is 7.75. The first-order valence-corrected chi connectivity index (χ1v) is 7.75. The van der Waals surface area contributed by atoms with Crippen LogP contribution in [-0.4, -0.2) is 20.7 Å². The molecule has 0 aliphatic rings. The standard InChI is InChI=1S/C17H24N4O/c1-6-14(15-9-8-11(3)10-18-15)19-17(22)16-12(4)20-21(7-2)13(16)5/h8-10,14H,6-7H2,1-5H3,(H,19,22). The van der Waals surface area contributed by atoms with Crippen LogP contribution in [0.1, 0.15) is 59.3 Å². The van der Waals surface area contributed by atoms with Gasteiger partial charge in [0.2, 0.25) is 0 Å². The molecule has 0 radical (unpaired) electrons. The number of carbonyl (C=O) groups is 1. The van der Waals surface area contributed by atoms with Crippen LogP contribution in [0.3, 0.4) is 0 Å². The molecule has 2 aromatic heterocycles. The Hall–Kier alpha value is -2.17. The van der Waals surface area contributed by atoms with Gasteiger partial charge in [0.1, 0.15) is 0 Å². The van der Waals surface area contributed by atoms with Crippen molar-refractivity contribution in [3.8, 4) is 0 Å². The number of aryl methyl sites for hydroxylation is 3. The Kier molecular flexibility index (Phi) is 4.96. The third kappa shape index (κ3) is 3.18. The molecule has 0 fully saturated rings. The lowest BCUT2D eigenvalue weighted by Crippen LogP contribution is -2.29. The largest absolute Gasteiger partial charge is 0.344 e. The van der Waals surface area contributed by atoms with Crippen molar-refractivity contribution in [2.75, 3.05) is 0 Å². The van der Waals surface area contributed by atoms with E-state index in [0.29, 0.717) is 5.56 Å². The molecule has 2 rings (SSSR count). The van der Waals surface area contributed by atoms with Crippen LogP contribution in [0.15, 0.2) is 18.3 Å². The highest BCUT2D eigenvalue weighted by atomic mass is 16.1. The van der Waals surface area contributed by atoms with E-state index in [-0.39, 0.29) is 11.9 Å². The van der Waals surface area contributed by atoms with Gasteiger partial charge in [-0.2, -0.15) is 5.10 Å². The minimum atomic E-state index is -0.0862. The molecule has 0 aliphatic heterocycles. The van der Waals surface area contributed by atoms with Crippen LogP contribution in [0.4, 0.5) is 0 Å². The summed E-state index contributed by atoms with van der Waals surface area (Å²) in [6.45, 7) is 10.6. The average Bonchev–Trinajstić information content (AvgIpc) is 2.80. The van der Waals surface area contributed by atoms with Crippen LogP contribution in [-0.2, 0) is 6.54 Å². The van der Waals surface area contributed by atoms with Gasteiger partial charge in [-0.1, -0.05) is 13.0 Å². The monoisotopic (exact) mass is 300 g/mol. The van der Waals surface area contributed by atoms with Crippen LogP contribution in [0.25, 0.3) is 0 Å². The smallest absolute Gasteiger partial charge is 0.255 e. The second-order valence-corrected chi connectivity index (χ2v) is 5.56. The van der Waals surface area contributed by atoms with Crippen molar-refractivity contribution in [2.45, 2.75) is 53.6 Å².